The molecular weight excluding hydrogens is 378 g/mol. The quantitative estimate of drug-likeness (QED) is 0.622. The zero-order valence-corrected chi connectivity index (χ0v) is 17.6. The summed E-state index contributed by atoms with van der Waals surface area (Å²) in [5.74, 6) is 1.14. The number of methoxy groups -OCH3 is 1. The van der Waals surface area contributed by atoms with Crippen molar-refractivity contribution in [1.82, 2.24) is 9.78 Å². The SMILES string of the molecule is COc1ccc(NC(=O)c2c(C)nn(-c3ccccc3)c2C)cc1OC1CCCC1. The summed E-state index contributed by atoms with van der Waals surface area (Å²) < 4.78 is 13.4. The van der Waals surface area contributed by atoms with E-state index in [-0.39, 0.29) is 12.0 Å². The highest BCUT2D eigenvalue weighted by molar-refractivity contribution is 6.06. The second kappa shape index (κ2) is 8.61. The molecule has 1 aliphatic rings. The van der Waals surface area contributed by atoms with Crippen molar-refractivity contribution in [3.63, 3.8) is 0 Å². The summed E-state index contributed by atoms with van der Waals surface area (Å²) in [6, 6.07) is 15.3. The molecule has 0 saturated heterocycles. The van der Waals surface area contributed by atoms with E-state index in [0.717, 1.165) is 24.2 Å². The van der Waals surface area contributed by atoms with E-state index >= 15 is 0 Å². The first kappa shape index (κ1) is 20.0. The smallest absolute Gasteiger partial charge is 0.259 e. The lowest BCUT2D eigenvalue weighted by molar-refractivity contribution is 0.102. The van der Waals surface area contributed by atoms with E-state index < -0.39 is 0 Å². The number of carbonyl (C=O) groups excluding carboxylic acids is 1. The first-order valence-corrected chi connectivity index (χ1v) is 10.3. The van der Waals surface area contributed by atoms with E-state index in [1.165, 1.54) is 12.8 Å². The second-order valence-corrected chi connectivity index (χ2v) is 7.64. The molecule has 4 rings (SSSR count). The number of nitrogens with zero attached hydrogens (tertiary/aromatic N) is 2. The van der Waals surface area contributed by atoms with Crippen LogP contribution in [-0.2, 0) is 0 Å². The van der Waals surface area contributed by atoms with Gasteiger partial charge in [0.15, 0.2) is 11.5 Å². The molecule has 1 aromatic heterocycles. The Morgan fingerprint density at radius 2 is 1.80 bits per heavy atom. The van der Waals surface area contributed by atoms with E-state index in [2.05, 4.69) is 10.4 Å². The van der Waals surface area contributed by atoms with Gasteiger partial charge in [0.1, 0.15) is 0 Å². The van der Waals surface area contributed by atoms with Gasteiger partial charge in [-0.15, -0.1) is 0 Å². The average Bonchev–Trinajstić information content (AvgIpc) is 3.36. The number of benzene rings is 2. The Labute approximate surface area is 176 Å². The number of para-hydroxylation sites is 1. The maximum absolute atomic E-state index is 13.1. The van der Waals surface area contributed by atoms with Crippen LogP contribution >= 0.6 is 0 Å². The van der Waals surface area contributed by atoms with Crippen LogP contribution in [0.15, 0.2) is 48.5 Å². The van der Waals surface area contributed by atoms with Crippen LogP contribution in [0.1, 0.15) is 47.4 Å². The van der Waals surface area contributed by atoms with Crippen molar-refractivity contribution in [3.8, 4) is 17.2 Å². The lowest BCUT2D eigenvalue weighted by Crippen LogP contribution is -2.15. The minimum absolute atomic E-state index is 0.191. The Bertz CT molecular complexity index is 1040. The van der Waals surface area contributed by atoms with Crippen LogP contribution in [0.4, 0.5) is 5.69 Å². The number of amides is 1. The van der Waals surface area contributed by atoms with Gasteiger partial charge in [-0.05, 0) is 63.8 Å². The normalized spacial score (nSPS) is 14.0. The van der Waals surface area contributed by atoms with E-state index in [9.17, 15) is 4.79 Å². The van der Waals surface area contributed by atoms with Crippen molar-refractivity contribution in [3.05, 3.63) is 65.5 Å². The van der Waals surface area contributed by atoms with Gasteiger partial charge in [-0.25, -0.2) is 4.68 Å². The second-order valence-electron chi connectivity index (χ2n) is 7.64. The van der Waals surface area contributed by atoms with Crippen molar-refractivity contribution in [2.45, 2.75) is 45.6 Å². The third-order valence-electron chi connectivity index (χ3n) is 5.54. The van der Waals surface area contributed by atoms with Crippen molar-refractivity contribution < 1.29 is 14.3 Å². The maximum Gasteiger partial charge on any atom is 0.259 e. The fraction of sp³-hybridized carbons (Fsp3) is 0.333. The van der Waals surface area contributed by atoms with Crippen molar-refractivity contribution in [1.29, 1.82) is 0 Å². The molecule has 6 nitrogen and oxygen atoms in total. The monoisotopic (exact) mass is 405 g/mol. The fourth-order valence-corrected chi connectivity index (χ4v) is 4.02. The molecule has 0 atom stereocenters. The summed E-state index contributed by atoms with van der Waals surface area (Å²) in [4.78, 5) is 13.1. The molecule has 0 unspecified atom stereocenters. The largest absolute Gasteiger partial charge is 0.493 e. The van der Waals surface area contributed by atoms with Crippen LogP contribution in [0.25, 0.3) is 5.69 Å². The molecule has 0 radical (unpaired) electrons. The third kappa shape index (κ3) is 4.03. The topological polar surface area (TPSA) is 65.4 Å². The van der Waals surface area contributed by atoms with Crippen LogP contribution in [0.3, 0.4) is 0 Å². The summed E-state index contributed by atoms with van der Waals surface area (Å²) in [6.45, 7) is 3.76. The standard InChI is InChI=1S/C24H27N3O3/c1-16-23(17(2)27(26-16)19-9-5-4-6-10-19)24(28)25-18-13-14-21(29-3)22(15-18)30-20-11-7-8-12-20/h4-6,9-10,13-15,20H,7-8,11-12H2,1-3H3,(H,25,28). The minimum Gasteiger partial charge on any atom is -0.493 e. The van der Waals surface area contributed by atoms with Crippen LogP contribution in [0, 0.1) is 13.8 Å². The first-order valence-electron chi connectivity index (χ1n) is 10.3. The lowest BCUT2D eigenvalue weighted by Gasteiger charge is -2.17. The highest BCUT2D eigenvalue weighted by Crippen LogP contribution is 2.34. The Morgan fingerprint density at radius 3 is 2.50 bits per heavy atom. The van der Waals surface area contributed by atoms with Crippen LogP contribution in [0.5, 0.6) is 11.5 Å². The Morgan fingerprint density at radius 1 is 1.07 bits per heavy atom. The number of ether oxygens (including phenoxy) is 2. The molecule has 30 heavy (non-hydrogen) atoms. The van der Waals surface area contributed by atoms with Crippen molar-refractivity contribution in [2.24, 2.45) is 0 Å². The zero-order chi connectivity index (χ0) is 21.1. The molecule has 1 saturated carbocycles. The molecular formula is C24H27N3O3. The third-order valence-corrected chi connectivity index (χ3v) is 5.54. The molecule has 1 fully saturated rings. The van der Waals surface area contributed by atoms with Crippen molar-refractivity contribution in [2.75, 3.05) is 12.4 Å². The van der Waals surface area contributed by atoms with Gasteiger partial charge >= 0.3 is 0 Å². The van der Waals surface area contributed by atoms with Gasteiger partial charge in [0.25, 0.3) is 5.91 Å². The first-order chi connectivity index (χ1) is 14.6. The molecule has 2 aromatic carbocycles. The predicted molar refractivity (Wildman–Crippen MR) is 117 cm³/mol. The average molecular weight is 405 g/mol. The lowest BCUT2D eigenvalue weighted by atomic mass is 10.1. The number of nitrogens with one attached hydrogen (secondary N) is 1. The number of carbonyl (C=O) groups is 1. The number of anilines is 1. The molecule has 1 aliphatic carbocycles. The molecule has 6 heteroatoms. The molecule has 156 valence electrons. The highest BCUT2D eigenvalue weighted by atomic mass is 16.5. The van der Waals surface area contributed by atoms with Crippen LogP contribution < -0.4 is 14.8 Å². The van der Waals surface area contributed by atoms with Crippen LogP contribution in [-0.4, -0.2) is 28.9 Å². The van der Waals surface area contributed by atoms with Gasteiger partial charge in [0.05, 0.1) is 35.9 Å². The van der Waals surface area contributed by atoms with Gasteiger partial charge in [0, 0.05) is 11.8 Å². The van der Waals surface area contributed by atoms with Gasteiger partial charge in [0.2, 0.25) is 0 Å². The van der Waals surface area contributed by atoms with Gasteiger partial charge in [-0.3, -0.25) is 4.79 Å². The number of hydrogen-bond donors (Lipinski definition) is 1. The van der Waals surface area contributed by atoms with Gasteiger partial charge < -0.3 is 14.8 Å². The molecule has 0 aliphatic heterocycles. The van der Waals surface area contributed by atoms with E-state index in [1.54, 1.807) is 11.8 Å². The predicted octanol–water partition coefficient (Wildman–Crippen LogP) is 5.07. The van der Waals surface area contributed by atoms with E-state index in [1.807, 2.05) is 62.4 Å². The van der Waals surface area contributed by atoms with Gasteiger partial charge in [-0.2, -0.15) is 5.10 Å². The highest BCUT2D eigenvalue weighted by Gasteiger charge is 2.21. The number of aromatic nitrogens is 2. The van der Waals surface area contributed by atoms with E-state index in [4.69, 9.17) is 9.47 Å². The molecule has 1 heterocycles. The molecule has 0 spiro atoms. The number of rotatable bonds is 6. The maximum atomic E-state index is 13.1. The minimum atomic E-state index is -0.191. The summed E-state index contributed by atoms with van der Waals surface area (Å²) in [5.41, 5.74) is 3.65. The number of aryl methyl sites for hydroxylation is 1. The van der Waals surface area contributed by atoms with E-state index in [0.29, 0.717) is 28.4 Å². The molecule has 0 bridgehead atoms. The molecule has 1 amide bonds. The summed E-state index contributed by atoms with van der Waals surface area (Å²) in [5, 5.41) is 7.56. The van der Waals surface area contributed by atoms with Crippen molar-refractivity contribution >= 4 is 11.6 Å². The summed E-state index contributed by atoms with van der Waals surface area (Å²) >= 11 is 0. The molecule has 3 aromatic rings. The summed E-state index contributed by atoms with van der Waals surface area (Å²) in [7, 11) is 1.62. The molecule has 1 N–H and O–H groups in total. The Kier molecular flexibility index (Phi) is 5.74. The fourth-order valence-electron chi connectivity index (χ4n) is 4.02. The Hall–Kier alpha value is -3.28. The van der Waals surface area contributed by atoms with Crippen LogP contribution in [0.2, 0.25) is 0 Å². The Balaban J connectivity index is 1.57. The number of hydrogen-bond acceptors (Lipinski definition) is 4. The summed E-state index contributed by atoms with van der Waals surface area (Å²) in [6.07, 6.45) is 4.69. The van der Waals surface area contributed by atoms with Gasteiger partial charge in [-0.1, -0.05) is 18.2 Å². The zero-order valence-electron chi connectivity index (χ0n) is 17.6.